The number of carbonyl (C=O) groups excluding carboxylic acids is 1. The van der Waals surface area contributed by atoms with Gasteiger partial charge in [-0.1, -0.05) is 42.9 Å². The first kappa shape index (κ1) is 23.3. The number of anilines is 1. The summed E-state index contributed by atoms with van der Waals surface area (Å²) in [6.45, 7) is 10.6. The molecule has 0 saturated heterocycles. The molecule has 0 N–H and O–H groups in total. The highest BCUT2D eigenvalue weighted by atomic mass is 35.5. The topological polar surface area (TPSA) is 54.9 Å². The molecule has 0 radical (unpaired) electrons. The van der Waals surface area contributed by atoms with Crippen LogP contribution in [0.5, 0.6) is 11.5 Å². The quantitative estimate of drug-likeness (QED) is 0.506. The molecule has 0 bridgehead atoms. The van der Waals surface area contributed by atoms with Gasteiger partial charge in [-0.15, -0.1) is 12.4 Å². The Bertz CT molecular complexity index is 1010. The van der Waals surface area contributed by atoms with Crippen molar-refractivity contribution in [1.29, 1.82) is 0 Å². The van der Waals surface area contributed by atoms with E-state index in [-0.39, 0.29) is 18.3 Å². The number of likely N-dealkylation sites (N-methyl/N-ethyl adjacent to an activating group) is 1. The Morgan fingerprint density at radius 1 is 1.06 bits per heavy atom. The van der Waals surface area contributed by atoms with E-state index in [0.717, 1.165) is 41.2 Å². The van der Waals surface area contributed by atoms with Gasteiger partial charge < -0.3 is 14.4 Å². The smallest absolute Gasteiger partial charge is 0.260 e. The third-order valence-corrected chi connectivity index (χ3v) is 6.36. The molecule has 0 unspecified atom stereocenters. The second-order valence-corrected chi connectivity index (χ2v) is 8.32. The van der Waals surface area contributed by atoms with E-state index >= 15 is 0 Å². The summed E-state index contributed by atoms with van der Waals surface area (Å²) in [7, 11) is 0. The Balaban J connectivity index is 0.00000272. The van der Waals surface area contributed by atoms with Gasteiger partial charge in [-0.2, -0.15) is 0 Å². The number of fused-ring (bicyclic) bond motifs is 2. The van der Waals surface area contributed by atoms with Crippen molar-refractivity contribution in [2.75, 3.05) is 44.3 Å². The second kappa shape index (κ2) is 10.3. The Hall–Kier alpha value is -2.35. The van der Waals surface area contributed by atoms with Gasteiger partial charge >= 0.3 is 0 Å². The van der Waals surface area contributed by atoms with E-state index in [2.05, 4.69) is 18.7 Å². The minimum atomic E-state index is -0.0258. The molecule has 0 aliphatic carbocycles. The normalized spacial score (nSPS) is 12.6. The van der Waals surface area contributed by atoms with Crippen molar-refractivity contribution >= 4 is 45.0 Å². The lowest BCUT2D eigenvalue weighted by molar-refractivity contribution is 0.0983. The highest BCUT2D eigenvalue weighted by Gasteiger charge is 2.23. The molecular weight excluding hydrogens is 434 g/mol. The van der Waals surface area contributed by atoms with Crippen molar-refractivity contribution < 1.29 is 14.3 Å². The lowest BCUT2D eigenvalue weighted by atomic mass is 10.1. The molecule has 8 heteroatoms. The van der Waals surface area contributed by atoms with Crippen LogP contribution in [-0.2, 0) is 0 Å². The average Bonchev–Trinajstić information content (AvgIpc) is 3.17. The van der Waals surface area contributed by atoms with Gasteiger partial charge in [0.15, 0.2) is 16.6 Å². The van der Waals surface area contributed by atoms with Gasteiger partial charge in [0, 0.05) is 30.8 Å². The van der Waals surface area contributed by atoms with E-state index in [0.29, 0.717) is 36.2 Å². The maximum Gasteiger partial charge on any atom is 0.260 e. The van der Waals surface area contributed by atoms with Gasteiger partial charge in [0.1, 0.15) is 13.2 Å². The fourth-order valence-corrected chi connectivity index (χ4v) is 4.57. The fourth-order valence-electron chi connectivity index (χ4n) is 3.57. The minimum Gasteiger partial charge on any atom is -0.486 e. The van der Waals surface area contributed by atoms with Gasteiger partial charge in [0.25, 0.3) is 5.91 Å². The molecule has 31 heavy (non-hydrogen) atoms. The highest BCUT2D eigenvalue weighted by Crippen LogP contribution is 2.39. The molecule has 0 spiro atoms. The van der Waals surface area contributed by atoms with E-state index in [1.807, 2.05) is 43.3 Å². The summed E-state index contributed by atoms with van der Waals surface area (Å²) in [4.78, 5) is 22.3. The zero-order chi connectivity index (χ0) is 21.1. The summed E-state index contributed by atoms with van der Waals surface area (Å²) in [5.41, 5.74) is 2.57. The van der Waals surface area contributed by atoms with Crippen LogP contribution in [0.15, 0.2) is 36.4 Å². The van der Waals surface area contributed by atoms with Crippen LogP contribution < -0.4 is 14.4 Å². The van der Waals surface area contributed by atoms with E-state index in [1.165, 1.54) is 11.3 Å². The Morgan fingerprint density at radius 3 is 2.45 bits per heavy atom. The van der Waals surface area contributed by atoms with Crippen molar-refractivity contribution in [1.82, 2.24) is 9.88 Å². The Labute approximate surface area is 193 Å². The van der Waals surface area contributed by atoms with Crippen LogP contribution in [0.1, 0.15) is 29.8 Å². The van der Waals surface area contributed by atoms with Gasteiger partial charge in [0.05, 0.1) is 10.2 Å². The lowest BCUT2D eigenvalue weighted by Gasteiger charge is -2.24. The molecule has 0 atom stereocenters. The van der Waals surface area contributed by atoms with E-state index < -0.39 is 0 Å². The fraction of sp³-hybridized carbons (Fsp3) is 0.391. The predicted molar refractivity (Wildman–Crippen MR) is 129 cm³/mol. The summed E-state index contributed by atoms with van der Waals surface area (Å²) in [6, 6.07) is 11.6. The molecule has 2 heterocycles. The van der Waals surface area contributed by atoms with Crippen molar-refractivity contribution in [2.45, 2.75) is 20.8 Å². The van der Waals surface area contributed by atoms with Gasteiger partial charge in [-0.3, -0.25) is 9.69 Å². The zero-order valence-corrected chi connectivity index (χ0v) is 19.7. The maximum atomic E-state index is 13.4. The van der Waals surface area contributed by atoms with Crippen LogP contribution in [0.4, 0.5) is 5.13 Å². The SMILES string of the molecule is CCN(CC)CCN(C(=O)c1cccc(C)c1)c1nc2cc3c(cc2s1)OCCO3.Cl. The number of thiazole rings is 1. The number of nitrogens with zero attached hydrogens (tertiary/aromatic N) is 3. The minimum absolute atomic E-state index is 0. The Morgan fingerprint density at radius 2 is 1.77 bits per heavy atom. The number of hydrogen-bond donors (Lipinski definition) is 0. The summed E-state index contributed by atoms with van der Waals surface area (Å²) < 4.78 is 12.4. The van der Waals surface area contributed by atoms with Crippen LogP contribution >= 0.6 is 23.7 Å². The zero-order valence-electron chi connectivity index (χ0n) is 18.1. The number of ether oxygens (including phenoxy) is 2. The first-order chi connectivity index (χ1) is 14.6. The summed E-state index contributed by atoms with van der Waals surface area (Å²) in [6.07, 6.45) is 0. The molecule has 1 aliphatic heterocycles. The first-order valence-corrected chi connectivity index (χ1v) is 11.2. The predicted octanol–water partition coefficient (Wildman–Crippen LogP) is 4.79. The molecule has 1 amide bonds. The molecule has 3 aromatic rings. The number of rotatable bonds is 7. The van der Waals surface area contributed by atoms with Crippen LogP contribution in [0.2, 0.25) is 0 Å². The number of amides is 1. The largest absolute Gasteiger partial charge is 0.486 e. The molecular formula is C23H28ClN3O3S. The number of carbonyl (C=O) groups is 1. The second-order valence-electron chi connectivity index (χ2n) is 7.31. The lowest BCUT2D eigenvalue weighted by Crippen LogP contribution is -2.38. The molecule has 4 rings (SSSR count). The number of hydrogen-bond acceptors (Lipinski definition) is 6. The highest BCUT2D eigenvalue weighted by molar-refractivity contribution is 7.22. The number of aryl methyl sites for hydroxylation is 1. The van der Waals surface area contributed by atoms with Crippen molar-refractivity contribution in [3.05, 3.63) is 47.5 Å². The summed E-state index contributed by atoms with van der Waals surface area (Å²) >= 11 is 1.51. The first-order valence-electron chi connectivity index (χ1n) is 10.4. The third kappa shape index (κ3) is 5.11. The molecule has 1 aromatic heterocycles. The van der Waals surface area contributed by atoms with Crippen molar-refractivity contribution in [3.8, 4) is 11.5 Å². The van der Waals surface area contributed by atoms with Gasteiger partial charge in [-0.05, 0) is 32.1 Å². The third-order valence-electron chi connectivity index (χ3n) is 5.32. The van der Waals surface area contributed by atoms with Crippen LogP contribution in [0.25, 0.3) is 10.2 Å². The monoisotopic (exact) mass is 461 g/mol. The molecule has 166 valence electrons. The number of benzene rings is 2. The molecule has 1 aliphatic rings. The Kier molecular flexibility index (Phi) is 7.75. The number of aromatic nitrogens is 1. The van der Waals surface area contributed by atoms with Gasteiger partial charge in [0.2, 0.25) is 0 Å². The van der Waals surface area contributed by atoms with Gasteiger partial charge in [-0.25, -0.2) is 4.98 Å². The van der Waals surface area contributed by atoms with Crippen LogP contribution in [0, 0.1) is 6.92 Å². The van der Waals surface area contributed by atoms with Crippen LogP contribution in [-0.4, -0.2) is 55.2 Å². The number of halogens is 1. The summed E-state index contributed by atoms with van der Waals surface area (Å²) in [5, 5.41) is 0.700. The summed E-state index contributed by atoms with van der Waals surface area (Å²) in [5.74, 6) is 1.43. The molecule has 0 fully saturated rings. The van der Waals surface area contributed by atoms with Crippen LogP contribution in [0.3, 0.4) is 0 Å². The molecule has 0 saturated carbocycles. The van der Waals surface area contributed by atoms with Crippen molar-refractivity contribution in [3.63, 3.8) is 0 Å². The van der Waals surface area contributed by atoms with E-state index in [1.54, 1.807) is 4.90 Å². The maximum absolute atomic E-state index is 13.4. The molecule has 2 aromatic carbocycles. The molecule has 6 nitrogen and oxygen atoms in total. The van der Waals surface area contributed by atoms with E-state index in [4.69, 9.17) is 14.5 Å². The van der Waals surface area contributed by atoms with Crippen molar-refractivity contribution in [2.24, 2.45) is 0 Å². The average molecular weight is 462 g/mol. The standard InChI is InChI=1S/C23H27N3O3S.ClH/c1-4-25(5-2)9-10-26(22(27)17-8-6-7-16(3)13-17)23-24-18-14-19-20(15-21(18)30-23)29-12-11-28-19;/h6-8,13-15H,4-5,9-12H2,1-3H3;1H. The van der Waals surface area contributed by atoms with E-state index in [9.17, 15) is 4.79 Å².